The van der Waals surface area contributed by atoms with Crippen LogP contribution in [0.3, 0.4) is 0 Å². The molecule has 2 fully saturated rings. The van der Waals surface area contributed by atoms with Crippen molar-refractivity contribution >= 4 is 40.3 Å². The number of carbonyl (C=O) groups excluding carboxylic acids is 2. The van der Waals surface area contributed by atoms with Crippen molar-refractivity contribution in [3.05, 3.63) is 102 Å². The molecule has 4 aromatic carbocycles. The number of benzene rings is 4. The smallest absolute Gasteiger partial charge is 0.312 e. The van der Waals surface area contributed by atoms with Gasteiger partial charge in [0.05, 0.1) is 11.3 Å². The summed E-state index contributed by atoms with van der Waals surface area (Å²) in [4.78, 5) is 30.4. The molecule has 0 aliphatic carbocycles. The highest BCUT2D eigenvalue weighted by molar-refractivity contribution is 6.00. The van der Waals surface area contributed by atoms with E-state index in [0.717, 1.165) is 47.0 Å². The van der Waals surface area contributed by atoms with Gasteiger partial charge in [-0.05, 0) is 89.5 Å². The molecule has 0 N–H and O–H groups in total. The molecule has 2 aliphatic rings. The van der Waals surface area contributed by atoms with Crippen molar-refractivity contribution < 1.29 is 22.8 Å². The van der Waals surface area contributed by atoms with Crippen LogP contribution in [0, 0.1) is 0 Å². The molecule has 0 unspecified atom stereocenters. The fourth-order valence-corrected chi connectivity index (χ4v) is 6.16. The number of hydrogen-bond donors (Lipinski definition) is 0. The zero-order valence-corrected chi connectivity index (χ0v) is 25.7. The summed E-state index contributed by atoms with van der Waals surface area (Å²) in [5.74, 6) is 0.107. The molecule has 0 radical (unpaired) electrons. The first-order valence-electron chi connectivity index (χ1n) is 15.3. The van der Waals surface area contributed by atoms with E-state index in [0.29, 0.717) is 37.3 Å². The van der Waals surface area contributed by atoms with E-state index in [1.165, 1.54) is 12.1 Å². The number of alkyl halides is 3. The lowest BCUT2D eigenvalue weighted by Crippen LogP contribution is -2.26. The van der Waals surface area contributed by atoms with E-state index in [9.17, 15) is 22.8 Å². The van der Waals surface area contributed by atoms with E-state index in [4.69, 9.17) is 0 Å². The number of amides is 2. The van der Waals surface area contributed by atoms with Crippen LogP contribution in [0.5, 0.6) is 0 Å². The molecule has 232 valence electrons. The van der Waals surface area contributed by atoms with Gasteiger partial charge < -0.3 is 14.7 Å². The third-order valence-electron chi connectivity index (χ3n) is 8.57. The molecule has 2 aliphatic heterocycles. The lowest BCUT2D eigenvalue weighted by Gasteiger charge is -2.29. The number of hydrogen-bond acceptors (Lipinski definition) is 3. The lowest BCUT2D eigenvalue weighted by molar-refractivity contribution is -0.137. The highest BCUT2D eigenvalue weighted by atomic mass is 19.4. The number of anilines is 5. The monoisotopic (exact) mass is 611 g/mol. The van der Waals surface area contributed by atoms with Gasteiger partial charge in [0.25, 0.3) is 0 Å². The molecule has 0 bridgehead atoms. The van der Waals surface area contributed by atoms with Crippen LogP contribution in [0.1, 0.15) is 57.6 Å². The summed E-state index contributed by atoms with van der Waals surface area (Å²) in [5.41, 5.74) is 4.59. The Labute approximate surface area is 261 Å². The molecule has 2 amide bonds. The molecule has 2 saturated heterocycles. The highest BCUT2D eigenvalue weighted by Gasteiger charge is 2.35. The molecular formula is C37H36F3N3O2. The van der Waals surface area contributed by atoms with Crippen LogP contribution in [-0.2, 0) is 21.2 Å². The minimum Gasteiger partial charge on any atom is -0.312 e. The minimum absolute atomic E-state index is 0.0330. The van der Waals surface area contributed by atoms with Gasteiger partial charge >= 0.3 is 6.18 Å². The Morgan fingerprint density at radius 1 is 0.644 bits per heavy atom. The van der Waals surface area contributed by atoms with Crippen LogP contribution in [0.2, 0.25) is 0 Å². The third-order valence-corrected chi connectivity index (χ3v) is 8.57. The summed E-state index contributed by atoms with van der Waals surface area (Å²) >= 11 is 0. The largest absolute Gasteiger partial charge is 0.418 e. The Balaban J connectivity index is 1.44. The van der Waals surface area contributed by atoms with Gasteiger partial charge in [-0.3, -0.25) is 9.59 Å². The maximum absolute atomic E-state index is 14.3. The van der Waals surface area contributed by atoms with Crippen molar-refractivity contribution in [2.75, 3.05) is 27.8 Å². The van der Waals surface area contributed by atoms with Gasteiger partial charge in [-0.15, -0.1) is 0 Å². The van der Waals surface area contributed by atoms with Gasteiger partial charge in [0.2, 0.25) is 11.8 Å². The van der Waals surface area contributed by atoms with Crippen molar-refractivity contribution in [2.45, 2.75) is 58.0 Å². The van der Waals surface area contributed by atoms with Crippen LogP contribution in [-0.4, -0.2) is 24.9 Å². The average Bonchev–Trinajstić information content (AvgIpc) is 3.65. The first-order chi connectivity index (χ1) is 21.4. The van der Waals surface area contributed by atoms with Crippen molar-refractivity contribution in [3.63, 3.8) is 0 Å². The van der Waals surface area contributed by atoms with E-state index in [-0.39, 0.29) is 22.9 Å². The van der Waals surface area contributed by atoms with Crippen LogP contribution < -0.4 is 14.7 Å². The summed E-state index contributed by atoms with van der Waals surface area (Å²) < 4.78 is 42.8. The molecule has 0 atom stereocenters. The maximum atomic E-state index is 14.3. The average molecular weight is 612 g/mol. The third kappa shape index (κ3) is 6.19. The fraction of sp³-hybridized carbons (Fsp3) is 0.297. The first kappa shape index (κ1) is 30.4. The minimum atomic E-state index is -4.54. The molecule has 0 spiro atoms. The summed E-state index contributed by atoms with van der Waals surface area (Å²) in [6.45, 7) is 7.53. The van der Waals surface area contributed by atoms with Gasteiger partial charge in [-0.2, -0.15) is 13.2 Å². The summed E-state index contributed by atoms with van der Waals surface area (Å²) in [6, 6.07) is 26.4. The van der Waals surface area contributed by atoms with Gasteiger partial charge in [0, 0.05) is 48.7 Å². The lowest BCUT2D eigenvalue weighted by atomic mass is 9.87. The quantitative estimate of drug-likeness (QED) is 0.218. The zero-order chi connectivity index (χ0) is 31.9. The second-order valence-corrected chi connectivity index (χ2v) is 12.7. The number of rotatable bonds is 6. The van der Waals surface area contributed by atoms with Gasteiger partial charge in [-0.25, -0.2) is 0 Å². The van der Waals surface area contributed by atoms with Gasteiger partial charge in [0.1, 0.15) is 0 Å². The zero-order valence-electron chi connectivity index (χ0n) is 25.7. The fourth-order valence-electron chi connectivity index (χ4n) is 6.16. The van der Waals surface area contributed by atoms with Crippen LogP contribution >= 0.6 is 0 Å². The van der Waals surface area contributed by atoms with Crippen LogP contribution in [0.4, 0.5) is 41.6 Å². The van der Waals surface area contributed by atoms with E-state index in [1.807, 2.05) is 66.7 Å². The summed E-state index contributed by atoms with van der Waals surface area (Å²) in [5, 5.41) is 0. The second-order valence-electron chi connectivity index (χ2n) is 12.7. The van der Waals surface area contributed by atoms with Gasteiger partial charge in [0.15, 0.2) is 0 Å². The van der Waals surface area contributed by atoms with Crippen molar-refractivity contribution in [1.29, 1.82) is 0 Å². The predicted octanol–water partition coefficient (Wildman–Crippen LogP) is 9.39. The van der Waals surface area contributed by atoms with Gasteiger partial charge in [-0.1, -0.05) is 57.2 Å². The molecule has 6 rings (SSSR count). The molecule has 4 aromatic rings. The normalized spacial score (nSPS) is 15.7. The van der Waals surface area contributed by atoms with Crippen molar-refractivity contribution in [3.8, 4) is 11.1 Å². The Kier molecular flexibility index (Phi) is 7.93. The molecule has 8 heteroatoms. The Morgan fingerprint density at radius 3 is 1.62 bits per heavy atom. The number of halogens is 3. The number of nitrogens with zero attached hydrogens (tertiary/aromatic N) is 3. The summed E-state index contributed by atoms with van der Waals surface area (Å²) in [6.07, 6.45) is -2.01. The van der Waals surface area contributed by atoms with E-state index >= 15 is 0 Å². The second kappa shape index (κ2) is 11.7. The van der Waals surface area contributed by atoms with E-state index in [1.54, 1.807) is 20.8 Å². The Bertz CT molecular complexity index is 1680. The highest BCUT2D eigenvalue weighted by Crippen LogP contribution is 2.44. The molecule has 0 aromatic heterocycles. The number of carbonyl (C=O) groups is 2. The SMILES string of the molecule is CC(C)(C)c1ccc(N(c2ccc(-c3cc(N4CCCC4=O)cc(N4CCCC4=O)c3)cc2)c2ccccc2C(F)(F)F)cc1. The molecule has 0 saturated carbocycles. The Morgan fingerprint density at radius 2 is 1.16 bits per heavy atom. The standard InChI is InChI=1S/C37H36F3N3O2/c1-36(2,3)27-14-18-29(19-15-27)43(33-9-5-4-8-32(33)37(38,39)40)28-16-12-25(13-17-28)26-22-30(41-20-6-10-34(41)44)24-31(23-26)42-21-7-11-35(42)45/h4-5,8-9,12-19,22-24H,6-7,10-11,20-21H2,1-3H3. The van der Waals surface area contributed by atoms with Crippen LogP contribution in [0.15, 0.2) is 91.0 Å². The topological polar surface area (TPSA) is 43.9 Å². The van der Waals surface area contributed by atoms with E-state index in [2.05, 4.69) is 20.8 Å². The Hall–Kier alpha value is -4.59. The van der Waals surface area contributed by atoms with E-state index < -0.39 is 11.7 Å². The first-order valence-corrected chi connectivity index (χ1v) is 15.3. The van der Waals surface area contributed by atoms with Crippen molar-refractivity contribution in [1.82, 2.24) is 0 Å². The summed E-state index contributed by atoms with van der Waals surface area (Å²) in [7, 11) is 0. The maximum Gasteiger partial charge on any atom is 0.418 e. The van der Waals surface area contributed by atoms with Crippen molar-refractivity contribution in [2.24, 2.45) is 0 Å². The molecular weight excluding hydrogens is 575 g/mol. The number of para-hydroxylation sites is 1. The molecule has 5 nitrogen and oxygen atoms in total. The molecule has 45 heavy (non-hydrogen) atoms. The molecule has 2 heterocycles. The van der Waals surface area contributed by atoms with Crippen LogP contribution in [0.25, 0.3) is 11.1 Å². The predicted molar refractivity (Wildman–Crippen MR) is 173 cm³/mol.